The summed E-state index contributed by atoms with van der Waals surface area (Å²) in [7, 11) is 0. The highest BCUT2D eigenvalue weighted by Crippen LogP contribution is 2.30. The van der Waals surface area contributed by atoms with Gasteiger partial charge in [0.2, 0.25) is 0 Å². The molecule has 1 aromatic carbocycles. The zero-order valence-electron chi connectivity index (χ0n) is 13.5. The molecule has 2 N–H and O–H groups in total. The first-order chi connectivity index (χ1) is 12.3. The van der Waals surface area contributed by atoms with Crippen molar-refractivity contribution in [2.75, 3.05) is 0 Å². The van der Waals surface area contributed by atoms with Crippen molar-refractivity contribution in [2.24, 2.45) is 5.92 Å². The van der Waals surface area contributed by atoms with Crippen LogP contribution in [-0.4, -0.2) is 32.8 Å². The number of carbonyl (C=O) groups is 2. The monoisotopic (exact) mass is 367 g/mol. The molecule has 6 nitrogen and oxygen atoms in total. The summed E-state index contributed by atoms with van der Waals surface area (Å²) in [6.07, 6.45) is -1.32. The van der Waals surface area contributed by atoms with Gasteiger partial charge in [0.1, 0.15) is 0 Å². The molecule has 2 atom stereocenters. The van der Waals surface area contributed by atoms with Crippen molar-refractivity contribution in [3.05, 3.63) is 47.8 Å². The Morgan fingerprint density at radius 2 is 2.00 bits per heavy atom. The molecule has 0 aliphatic heterocycles. The van der Waals surface area contributed by atoms with E-state index in [1.165, 1.54) is 29.1 Å². The minimum absolute atomic E-state index is 0.0125. The van der Waals surface area contributed by atoms with Crippen LogP contribution in [0.3, 0.4) is 0 Å². The third kappa shape index (κ3) is 3.71. The molecule has 1 heterocycles. The fraction of sp³-hybridized carbons (Fsp3) is 0.353. The van der Waals surface area contributed by atoms with Crippen LogP contribution in [0.15, 0.2) is 36.5 Å². The second-order valence-electron chi connectivity index (χ2n) is 6.15. The van der Waals surface area contributed by atoms with Gasteiger partial charge in [-0.15, -0.1) is 0 Å². The van der Waals surface area contributed by atoms with Crippen LogP contribution in [0.5, 0.6) is 0 Å². The van der Waals surface area contributed by atoms with E-state index in [4.69, 9.17) is 5.11 Å². The van der Waals surface area contributed by atoms with Gasteiger partial charge in [0.25, 0.3) is 5.91 Å². The van der Waals surface area contributed by atoms with Crippen LogP contribution >= 0.6 is 0 Å². The van der Waals surface area contributed by atoms with Crippen molar-refractivity contribution in [1.29, 1.82) is 0 Å². The van der Waals surface area contributed by atoms with Crippen LogP contribution in [-0.2, 0) is 11.0 Å². The first-order valence-corrected chi connectivity index (χ1v) is 8.02. The maximum Gasteiger partial charge on any atom is 0.416 e. The van der Waals surface area contributed by atoms with Crippen LogP contribution in [0.4, 0.5) is 13.2 Å². The van der Waals surface area contributed by atoms with Crippen LogP contribution in [0, 0.1) is 5.92 Å². The number of hydrogen-bond donors (Lipinski definition) is 2. The Hall–Kier alpha value is -2.84. The molecule has 0 unspecified atom stereocenters. The highest BCUT2D eigenvalue weighted by atomic mass is 19.4. The molecule has 1 aliphatic rings. The molecule has 0 bridgehead atoms. The van der Waals surface area contributed by atoms with E-state index < -0.39 is 35.6 Å². The maximum atomic E-state index is 12.8. The van der Waals surface area contributed by atoms with Gasteiger partial charge in [-0.25, -0.2) is 4.68 Å². The third-order valence-corrected chi connectivity index (χ3v) is 4.41. The SMILES string of the molecule is O=C(N[C@H]1CCC[C@H]1C(=O)O)c1ccn(-c2cccc(C(F)(F)F)c2)n1. The molecular formula is C17H16F3N3O3. The largest absolute Gasteiger partial charge is 0.481 e. The number of carboxylic acids is 1. The Balaban J connectivity index is 1.76. The molecule has 2 aromatic rings. The van der Waals surface area contributed by atoms with Gasteiger partial charge >= 0.3 is 12.1 Å². The average Bonchev–Trinajstić information content (AvgIpc) is 3.23. The normalized spacial score (nSPS) is 20.1. The summed E-state index contributed by atoms with van der Waals surface area (Å²) in [6.45, 7) is 0. The van der Waals surface area contributed by atoms with Crippen LogP contribution < -0.4 is 5.32 Å². The van der Waals surface area contributed by atoms with E-state index in [0.717, 1.165) is 12.1 Å². The summed E-state index contributed by atoms with van der Waals surface area (Å²) in [6, 6.07) is 5.49. The number of alkyl halides is 3. The molecule has 3 rings (SSSR count). The number of aliphatic carboxylic acids is 1. The van der Waals surface area contributed by atoms with Crippen LogP contribution in [0.1, 0.15) is 35.3 Å². The molecule has 1 aliphatic carbocycles. The lowest BCUT2D eigenvalue weighted by atomic mass is 10.0. The molecule has 1 fully saturated rings. The smallest absolute Gasteiger partial charge is 0.416 e. The average molecular weight is 367 g/mol. The number of halogens is 3. The van der Waals surface area contributed by atoms with Crippen molar-refractivity contribution in [2.45, 2.75) is 31.5 Å². The van der Waals surface area contributed by atoms with E-state index in [9.17, 15) is 22.8 Å². The van der Waals surface area contributed by atoms with Crippen LogP contribution in [0.25, 0.3) is 5.69 Å². The quantitative estimate of drug-likeness (QED) is 0.870. The topological polar surface area (TPSA) is 84.2 Å². The Labute approximate surface area is 146 Å². The lowest BCUT2D eigenvalue weighted by molar-refractivity contribution is -0.142. The standard InChI is InChI=1S/C17H16F3N3O3/c18-17(19,20)10-3-1-4-11(9-10)23-8-7-14(22-23)15(24)21-13-6-2-5-12(13)16(25)26/h1,3-4,7-9,12-13H,2,5-6H2,(H,21,24)(H,25,26)/t12-,13+/m1/s1. The number of nitrogens with zero attached hydrogens (tertiary/aromatic N) is 2. The summed E-state index contributed by atoms with van der Waals surface area (Å²) >= 11 is 0. The van der Waals surface area contributed by atoms with Gasteiger partial charge in [0, 0.05) is 12.2 Å². The van der Waals surface area contributed by atoms with E-state index in [2.05, 4.69) is 10.4 Å². The Morgan fingerprint density at radius 3 is 2.69 bits per heavy atom. The number of nitrogens with one attached hydrogen (secondary N) is 1. The lowest BCUT2D eigenvalue weighted by Gasteiger charge is -2.16. The number of amides is 1. The molecule has 1 saturated carbocycles. The predicted molar refractivity (Wildman–Crippen MR) is 84.8 cm³/mol. The van der Waals surface area contributed by atoms with Gasteiger partial charge in [-0.1, -0.05) is 12.5 Å². The number of carbonyl (C=O) groups excluding carboxylic acids is 1. The molecule has 1 amide bonds. The molecule has 0 radical (unpaired) electrons. The molecule has 138 valence electrons. The minimum atomic E-state index is -4.47. The first kappa shape index (κ1) is 18.0. The zero-order chi connectivity index (χ0) is 18.9. The van der Waals surface area contributed by atoms with E-state index in [1.54, 1.807) is 0 Å². The number of hydrogen-bond acceptors (Lipinski definition) is 3. The predicted octanol–water partition coefficient (Wildman–Crippen LogP) is 2.87. The molecule has 9 heteroatoms. The van der Waals surface area contributed by atoms with E-state index in [0.29, 0.717) is 19.3 Å². The zero-order valence-corrected chi connectivity index (χ0v) is 13.5. The lowest BCUT2D eigenvalue weighted by Crippen LogP contribution is -2.40. The number of aromatic nitrogens is 2. The third-order valence-electron chi connectivity index (χ3n) is 4.41. The highest BCUT2D eigenvalue weighted by Gasteiger charge is 2.34. The van der Waals surface area contributed by atoms with Crippen LogP contribution in [0.2, 0.25) is 0 Å². The fourth-order valence-electron chi connectivity index (χ4n) is 3.08. The van der Waals surface area contributed by atoms with E-state index >= 15 is 0 Å². The molecular weight excluding hydrogens is 351 g/mol. The molecule has 0 spiro atoms. The maximum absolute atomic E-state index is 12.8. The summed E-state index contributed by atoms with van der Waals surface area (Å²) < 4.78 is 39.6. The molecule has 26 heavy (non-hydrogen) atoms. The Kier molecular flexibility index (Phi) is 4.71. The number of rotatable bonds is 4. The van der Waals surface area contributed by atoms with Crippen molar-refractivity contribution in [3.63, 3.8) is 0 Å². The second-order valence-corrected chi connectivity index (χ2v) is 6.15. The van der Waals surface area contributed by atoms with Gasteiger partial charge in [0.15, 0.2) is 5.69 Å². The van der Waals surface area contributed by atoms with Crippen molar-refractivity contribution >= 4 is 11.9 Å². The fourth-order valence-corrected chi connectivity index (χ4v) is 3.08. The summed E-state index contributed by atoms with van der Waals surface area (Å²) in [4.78, 5) is 23.4. The van der Waals surface area contributed by atoms with Gasteiger partial charge in [-0.05, 0) is 37.1 Å². The van der Waals surface area contributed by atoms with Gasteiger partial charge in [0.05, 0.1) is 17.2 Å². The van der Waals surface area contributed by atoms with Gasteiger partial charge < -0.3 is 10.4 Å². The Morgan fingerprint density at radius 1 is 1.23 bits per heavy atom. The van der Waals surface area contributed by atoms with Crippen molar-refractivity contribution in [1.82, 2.24) is 15.1 Å². The van der Waals surface area contributed by atoms with E-state index in [1.807, 2.05) is 0 Å². The first-order valence-electron chi connectivity index (χ1n) is 8.02. The second kappa shape index (κ2) is 6.81. The summed E-state index contributed by atoms with van der Waals surface area (Å²) in [5, 5.41) is 15.8. The van der Waals surface area contributed by atoms with Crippen molar-refractivity contribution in [3.8, 4) is 5.69 Å². The molecule has 0 saturated heterocycles. The minimum Gasteiger partial charge on any atom is -0.481 e. The van der Waals surface area contributed by atoms with Gasteiger partial charge in [-0.3, -0.25) is 9.59 Å². The molecule has 1 aromatic heterocycles. The summed E-state index contributed by atoms with van der Waals surface area (Å²) in [5.41, 5.74) is -0.631. The summed E-state index contributed by atoms with van der Waals surface area (Å²) in [5.74, 6) is -2.14. The number of carboxylic acid groups (broad SMARTS) is 1. The highest BCUT2D eigenvalue weighted by molar-refractivity contribution is 5.92. The van der Waals surface area contributed by atoms with E-state index in [-0.39, 0.29) is 11.4 Å². The Bertz CT molecular complexity index is 832. The van der Waals surface area contributed by atoms with Crippen molar-refractivity contribution < 1.29 is 27.9 Å². The number of benzene rings is 1. The van der Waals surface area contributed by atoms with Gasteiger partial charge in [-0.2, -0.15) is 18.3 Å².